The molecule has 98 valence electrons. The summed E-state index contributed by atoms with van der Waals surface area (Å²) in [6.45, 7) is 1.86. The molecule has 0 heterocycles. The van der Waals surface area contributed by atoms with E-state index in [1.807, 2.05) is 19.1 Å². The number of carboxylic acid groups (broad SMARTS) is 1. The third-order valence-corrected chi connectivity index (χ3v) is 2.52. The summed E-state index contributed by atoms with van der Waals surface area (Å²) in [5, 5.41) is 11.4. The van der Waals surface area contributed by atoms with Crippen molar-refractivity contribution in [2.45, 2.75) is 19.4 Å². The van der Waals surface area contributed by atoms with E-state index in [-0.39, 0.29) is 18.6 Å². The molecule has 2 N–H and O–H groups in total. The first kappa shape index (κ1) is 14.2. The molecule has 5 heteroatoms. The van der Waals surface area contributed by atoms with Crippen LogP contribution < -0.4 is 5.32 Å². The third kappa shape index (κ3) is 4.55. The van der Waals surface area contributed by atoms with Crippen LogP contribution in [0.15, 0.2) is 24.3 Å². The van der Waals surface area contributed by atoms with Gasteiger partial charge in [-0.15, -0.1) is 0 Å². The Balaban J connectivity index is 2.53. The molecule has 0 bridgehead atoms. The second-order valence-electron chi connectivity index (χ2n) is 4.07. The quantitative estimate of drug-likeness (QED) is 0.740. The first-order chi connectivity index (χ1) is 8.52. The molecular weight excluding hydrogens is 234 g/mol. The molecule has 18 heavy (non-hydrogen) atoms. The lowest BCUT2D eigenvalue weighted by Gasteiger charge is -2.12. The molecule has 0 spiro atoms. The molecule has 1 aromatic rings. The smallest absolute Gasteiger partial charge is 0.337 e. The lowest BCUT2D eigenvalue weighted by molar-refractivity contribution is -0.136. The van der Waals surface area contributed by atoms with Crippen LogP contribution in [0.1, 0.15) is 22.8 Å². The van der Waals surface area contributed by atoms with E-state index in [0.717, 1.165) is 5.56 Å². The molecule has 0 fully saturated rings. The molecule has 1 unspecified atom stereocenters. The van der Waals surface area contributed by atoms with E-state index in [9.17, 15) is 9.59 Å². The van der Waals surface area contributed by atoms with Crippen molar-refractivity contribution in [3.8, 4) is 0 Å². The van der Waals surface area contributed by atoms with E-state index < -0.39 is 5.97 Å². The van der Waals surface area contributed by atoms with E-state index in [1.54, 1.807) is 12.1 Å². The summed E-state index contributed by atoms with van der Waals surface area (Å²) < 4.78 is 4.61. The fourth-order valence-electron chi connectivity index (χ4n) is 1.58. The van der Waals surface area contributed by atoms with Crippen molar-refractivity contribution in [1.29, 1.82) is 0 Å². The zero-order chi connectivity index (χ0) is 13.5. The summed E-state index contributed by atoms with van der Waals surface area (Å²) in [4.78, 5) is 21.6. The minimum absolute atomic E-state index is 0.0542. The predicted octanol–water partition coefficient (Wildman–Crippen LogP) is 1.08. The monoisotopic (exact) mass is 251 g/mol. The largest absolute Gasteiger partial charge is 0.480 e. The van der Waals surface area contributed by atoms with E-state index in [1.165, 1.54) is 7.11 Å². The summed E-state index contributed by atoms with van der Waals surface area (Å²) >= 11 is 0. The number of esters is 1. The number of carboxylic acids is 1. The van der Waals surface area contributed by atoms with Crippen molar-refractivity contribution in [3.63, 3.8) is 0 Å². The minimum Gasteiger partial charge on any atom is -0.480 e. The number of rotatable bonds is 6. The van der Waals surface area contributed by atoms with Crippen LogP contribution in [0.5, 0.6) is 0 Å². The molecule has 0 aliphatic carbocycles. The molecule has 0 aliphatic heterocycles. The van der Waals surface area contributed by atoms with Gasteiger partial charge in [0.05, 0.1) is 19.2 Å². The van der Waals surface area contributed by atoms with Crippen molar-refractivity contribution >= 4 is 11.9 Å². The van der Waals surface area contributed by atoms with E-state index in [4.69, 9.17) is 5.11 Å². The lowest BCUT2D eigenvalue weighted by Crippen LogP contribution is -2.32. The van der Waals surface area contributed by atoms with Crippen molar-refractivity contribution in [3.05, 3.63) is 35.4 Å². The maximum atomic E-state index is 11.2. The van der Waals surface area contributed by atoms with Gasteiger partial charge in [-0.3, -0.25) is 4.79 Å². The number of nitrogens with one attached hydrogen (secondary N) is 1. The second kappa shape index (κ2) is 6.76. The molecule has 0 saturated carbocycles. The number of hydrogen-bond donors (Lipinski definition) is 2. The average Bonchev–Trinajstić information content (AvgIpc) is 2.36. The van der Waals surface area contributed by atoms with Gasteiger partial charge in [-0.05, 0) is 31.0 Å². The van der Waals surface area contributed by atoms with Crippen LogP contribution in [-0.2, 0) is 16.0 Å². The summed E-state index contributed by atoms with van der Waals surface area (Å²) in [5.41, 5.74) is 1.54. The third-order valence-electron chi connectivity index (χ3n) is 2.52. The fraction of sp³-hybridized carbons (Fsp3) is 0.385. The van der Waals surface area contributed by atoms with Gasteiger partial charge >= 0.3 is 11.9 Å². The number of carbonyl (C=O) groups is 2. The Morgan fingerprint density at radius 2 is 1.94 bits per heavy atom. The van der Waals surface area contributed by atoms with Crippen molar-refractivity contribution in [2.24, 2.45) is 0 Å². The predicted molar refractivity (Wildman–Crippen MR) is 66.6 cm³/mol. The van der Waals surface area contributed by atoms with Gasteiger partial charge in [-0.1, -0.05) is 12.1 Å². The van der Waals surface area contributed by atoms with Crippen LogP contribution >= 0.6 is 0 Å². The second-order valence-corrected chi connectivity index (χ2v) is 4.07. The Labute approximate surface area is 106 Å². The maximum absolute atomic E-state index is 11.2. The van der Waals surface area contributed by atoms with Crippen LogP contribution in [0.3, 0.4) is 0 Å². The highest BCUT2D eigenvalue weighted by Crippen LogP contribution is 2.08. The standard InChI is InChI=1S/C13H17NO4/c1-9(14-8-12(15)16)7-10-3-5-11(6-4-10)13(17)18-2/h3-6,9,14H,7-8H2,1-2H3,(H,15,16). The first-order valence-electron chi connectivity index (χ1n) is 5.65. The van der Waals surface area contributed by atoms with Crippen molar-refractivity contribution in [1.82, 2.24) is 5.32 Å². The first-order valence-corrected chi connectivity index (χ1v) is 5.65. The Morgan fingerprint density at radius 3 is 2.44 bits per heavy atom. The molecule has 0 aliphatic rings. The summed E-state index contributed by atoms with van der Waals surface area (Å²) in [7, 11) is 1.34. The van der Waals surface area contributed by atoms with Crippen molar-refractivity contribution < 1.29 is 19.4 Å². The van der Waals surface area contributed by atoms with E-state index >= 15 is 0 Å². The van der Waals surface area contributed by atoms with Crippen molar-refractivity contribution in [2.75, 3.05) is 13.7 Å². The molecule has 5 nitrogen and oxygen atoms in total. The molecular formula is C13H17NO4. The molecule has 0 aromatic heterocycles. The van der Waals surface area contributed by atoms with Gasteiger partial charge in [0.1, 0.15) is 0 Å². The SMILES string of the molecule is COC(=O)c1ccc(CC(C)NCC(=O)O)cc1. The highest BCUT2D eigenvalue weighted by atomic mass is 16.5. The Bertz CT molecular complexity index is 414. The van der Waals surface area contributed by atoms with Gasteiger partial charge in [0.15, 0.2) is 0 Å². The Hall–Kier alpha value is -1.88. The Kier molecular flexibility index (Phi) is 5.32. The minimum atomic E-state index is -0.872. The van der Waals surface area contributed by atoms with E-state index in [2.05, 4.69) is 10.1 Å². The summed E-state index contributed by atoms with van der Waals surface area (Å²) in [6.07, 6.45) is 0.703. The van der Waals surface area contributed by atoms with Crippen LogP contribution in [0.25, 0.3) is 0 Å². The van der Waals surface area contributed by atoms with Crippen LogP contribution in [0.4, 0.5) is 0 Å². The normalized spacial score (nSPS) is 11.9. The molecule has 0 amide bonds. The molecule has 1 aromatic carbocycles. The zero-order valence-corrected chi connectivity index (χ0v) is 10.5. The number of benzene rings is 1. The number of methoxy groups -OCH3 is 1. The lowest BCUT2D eigenvalue weighted by atomic mass is 10.1. The van der Waals surface area contributed by atoms with Crippen LogP contribution in [-0.4, -0.2) is 36.7 Å². The summed E-state index contributed by atoms with van der Waals surface area (Å²) in [5.74, 6) is -1.23. The number of hydrogen-bond acceptors (Lipinski definition) is 4. The van der Waals surface area contributed by atoms with Gasteiger partial charge < -0.3 is 15.2 Å². The molecule has 0 radical (unpaired) electrons. The van der Waals surface area contributed by atoms with Gasteiger partial charge in [0.25, 0.3) is 0 Å². The molecule has 1 atom stereocenters. The fourth-order valence-corrected chi connectivity index (χ4v) is 1.58. The zero-order valence-electron chi connectivity index (χ0n) is 10.5. The van der Waals surface area contributed by atoms with Crippen LogP contribution in [0, 0.1) is 0 Å². The van der Waals surface area contributed by atoms with Crippen LogP contribution in [0.2, 0.25) is 0 Å². The molecule has 0 saturated heterocycles. The molecule has 1 rings (SSSR count). The van der Waals surface area contributed by atoms with Gasteiger partial charge in [0, 0.05) is 6.04 Å². The van der Waals surface area contributed by atoms with Gasteiger partial charge in [-0.2, -0.15) is 0 Å². The summed E-state index contributed by atoms with van der Waals surface area (Å²) in [6, 6.07) is 7.14. The van der Waals surface area contributed by atoms with Gasteiger partial charge in [0.2, 0.25) is 0 Å². The average molecular weight is 251 g/mol. The van der Waals surface area contributed by atoms with E-state index in [0.29, 0.717) is 12.0 Å². The highest BCUT2D eigenvalue weighted by Gasteiger charge is 2.07. The Morgan fingerprint density at radius 1 is 1.33 bits per heavy atom. The highest BCUT2D eigenvalue weighted by molar-refractivity contribution is 5.89. The maximum Gasteiger partial charge on any atom is 0.337 e. The number of aliphatic carboxylic acids is 1. The topological polar surface area (TPSA) is 75.6 Å². The number of ether oxygens (including phenoxy) is 1. The number of carbonyl (C=O) groups excluding carboxylic acids is 1. The van der Waals surface area contributed by atoms with Gasteiger partial charge in [-0.25, -0.2) is 4.79 Å².